The molecule has 3 aromatic heterocycles. The van der Waals surface area contributed by atoms with Gasteiger partial charge in [0.2, 0.25) is 11.4 Å². The molecule has 0 saturated carbocycles. The second-order valence-corrected chi connectivity index (χ2v) is 6.43. The Bertz CT molecular complexity index is 1080. The van der Waals surface area contributed by atoms with Gasteiger partial charge in [-0.05, 0) is 43.5 Å². The summed E-state index contributed by atoms with van der Waals surface area (Å²) in [6.45, 7) is 6.31. The molecule has 0 amide bonds. The van der Waals surface area contributed by atoms with Gasteiger partial charge in [0.25, 0.3) is 0 Å². The van der Waals surface area contributed by atoms with E-state index in [4.69, 9.17) is 4.42 Å². The van der Waals surface area contributed by atoms with E-state index in [-0.39, 0.29) is 0 Å². The molecule has 120 valence electrons. The van der Waals surface area contributed by atoms with Crippen molar-refractivity contribution in [1.29, 1.82) is 0 Å². The van der Waals surface area contributed by atoms with Crippen molar-refractivity contribution in [3.05, 3.63) is 59.4 Å². The number of hydrogen-bond donors (Lipinski definition) is 0. The quantitative estimate of drug-likeness (QED) is 0.504. The molecule has 3 heteroatoms. The van der Waals surface area contributed by atoms with Gasteiger partial charge >= 0.3 is 0 Å². The topological polar surface area (TPSA) is 29.9 Å². The maximum Gasteiger partial charge on any atom is 0.227 e. The van der Waals surface area contributed by atoms with Crippen LogP contribution in [-0.4, -0.2) is 4.98 Å². The van der Waals surface area contributed by atoms with Crippen molar-refractivity contribution in [3.8, 4) is 11.3 Å². The Morgan fingerprint density at radius 3 is 2.62 bits per heavy atom. The lowest BCUT2D eigenvalue weighted by Crippen LogP contribution is -2.30. The first kappa shape index (κ1) is 14.9. The van der Waals surface area contributed by atoms with Gasteiger partial charge in [0, 0.05) is 28.6 Å². The van der Waals surface area contributed by atoms with Gasteiger partial charge < -0.3 is 4.42 Å². The third kappa shape index (κ3) is 2.20. The van der Waals surface area contributed by atoms with Crippen molar-refractivity contribution in [2.24, 2.45) is 7.05 Å². The molecule has 0 spiro atoms. The second-order valence-electron chi connectivity index (χ2n) is 6.43. The molecular weight excluding hydrogens is 296 g/mol. The number of benzene rings is 1. The van der Waals surface area contributed by atoms with Crippen LogP contribution in [0.4, 0.5) is 0 Å². The zero-order valence-corrected chi connectivity index (χ0v) is 14.6. The van der Waals surface area contributed by atoms with Crippen LogP contribution in [0.5, 0.6) is 0 Å². The number of furan rings is 1. The summed E-state index contributed by atoms with van der Waals surface area (Å²) in [5.74, 6) is 0. The lowest BCUT2D eigenvalue weighted by Gasteiger charge is -2.06. The lowest BCUT2D eigenvalue weighted by molar-refractivity contribution is -0.660. The van der Waals surface area contributed by atoms with Crippen LogP contribution in [0.1, 0.15) is 23.7 Å². The first-order valence-corrected chi connectivity index (χ1v) is 8.37. The third-order valence-electron chi connectivity index (χ3n) is 4.73. The summed E-state index contributed by atoms with van der Waals surface area (Å²) in [5, 5.41) is 2.20. The number of nitrogens with zero attached hydrogens (tertiary/aromatic N) is 2. The third-order valence-corrected chi connectivity index (χ3v) is 4.73. The van der Waals surface area contributed by atoms with Crippen molar-refractivity contribution in [2.75, 3.05) is 0 Å². The Morgan fingerprint density at radius 2 is 1.83 bits per heavy atom. The van der Waals surface area contributed by atoms with Gasteiger partial charge in [0.05, 0.1) is 5.56 Å². The SMILES string of the molecule is CCc1cc[n+](C)c(-c2c(C)ccc3c2oc2nc(C)ccc23)c1. The molecule has 3 heterocycles. The zero-order chi connectivity index (χ0) is 16.8. The number of hydrogen-bond acceptors (Lipinski definition) is 2. The molecule has 0 saturated heterocycles. The minimum absolute atomic E-state index is 0.714. The molecule has 24 heavy (non-hydrogen) atoms. The number of aromatic nitrogens is 2. The highest BCUT2D eigenvalue weighted by Gasteiger charge is 2.21. The standard InChI is InChI=1S/C21H21N2O/c1-5-15-10-11-23(4)18(12-15)19-13(2)6-8-16-17-9-7-14(3)22-21(17)24-20(16)19/h6-12H,5H2,1-4H3/q+1. The summed E-state index contributed by atoms with van der Waals surface area (Å²) in [5.41, 5.74) is 7.47. The predicted octanol–water partition coefficient (Wildman–Crippen LogP) is 4.65. The second kappa shape index (κ2) is 5.45. The lowest BCUT2D eigenvalue weighted by atomic mass is 9.99. The van der Waals surface area contributed by atoms with Crippen molar-refractivity contribution >= 4 is 22.1 Å². The molecule has 0 bridgehead atoms. The highest BCUT2D eigenvalue weighted by Crippen LogP contribution is 2.36. The molecule has 0 aliphatic rings. The fourth-order valence-electron chi connectivity index (χ4n) is 3.31. The molecule has 0 aliphatic carbocycles. The molecule has 0 N–H and O–H groups in total. The van der Waals surface area contributed by atoms with Gasteiger partial charge in [-0.2, -0.15) is 0 Å². The van der Waals surface area contributed by atoms with Gasteiger partial charge in [-0.3, -0.25) is 0 Å². The first-order valence-electron chi connectivity index (χ1n) is 8.37. The fourth-order valence-corrected chi connectivity index (χ4v) is 3.31. The Hall–Kier alpha value is -2.68. The van der Waals surface area contributed by atoms with Gasteiger partial charge in [-0.1, -0.05) is 19.1 Å². The smallest absolute Gasteiger partial charge is 0.227 e. The van der Waals surface area contributed by atoms with Crippen LogP contribution in [0.2, 0.25) is 0 Å². The average molecular weight is 317 g/mol. The molecule has 0 radical (unpaired) electrons. The molecule has 4 rings (SSSR count). The molecule has 3 nitrogen and oxygen atoms in total. The van der Waals surface area contributed by atoms with E-state index < -0.39 is 0 Å². The molecule has 0 atom stereocenters. The van der Waals surface area contributed by atoms with Crippen molar-refractivity contribution < 1.29 is 8.98 Å². The van der Waals surface area contributed by atoms with E-state index in [1.54, 1.807) is 0 Å². The van der Waals surface area contributed by atoms with Crippen molar-refractivity contribution in [2.45, 2.75) is 27.2 Å². The van der Waals surface area contributed by atoms with Crippen molar-refractivity contribution in [3.63, 3.8) is 0 Å². The summed E-state index contributed by atoms with van der Waals surface area (Å²) in [4.78, 5) is 4.56. The van der Waals surface area contributed by atoms with Crippen LogP contribution in [0.15, 0.2) is 47.0 Å². The van der Waals surface area contributed by atoms with Gasteiger partial charge in [-0.15, -0.1) is 0 Å². The minimum Gasteiger partial charge on any atom is -0.437 e. The van der Waals surface area contributed by atoms with Crippen LogP contribution in [0, 0.1) is 13.8 Å². The minimum atomic E-state index is 0.714. The summed E-state index contributed by atoms with van der Waals surface area (Å²) in [7, 11) is 2.08. The molecule has 1 aromatic carbocycles. The van der Waals surface area contributed by atoms with E-state index in [1.165, 1.54) is 16.8 Å². The first-order chi connectivity index (χ1) is 11.6. The van der Waals surface area contributed by atoms with Crippen LogP contribution < -0.4 is 4.57 Å². The van der Waals surface area contributed by atoms with Crippen LogP contribution in [0.25, 0.3) is 33.3 Å². The fraction of sp³-hybridized carbons (Fsp3) is 0.238. The van der Waals surface area contributed by atoms with Gasteiger partial charge in [-0.25, -0.2) is 9.55 Å². The Kier molecular flexibility index (Phi) is 3.38. The molecular formula is C21H21N2O+. The van der Waals surface area contributed by atoms with E-state index in [2.05, 4.69) is 67.0 Å². The molecule has 0 aliphatic heterocycles. The van der Waals surface area contributed by atoms with Crippen molar-refractivity contribution in [1.82, 2.24) is 4.98 Å². The zero-order valence-electron chi connectivity index (χ0n) is 14.6. The van der Waals surface area contributed by atoms with Crippen LogP contribution in [0.3, 0.4) is 0 Å². The highest BCUT2D eigenvalue weighted by atomic mass is 16.3. The highest BCUT2D eigenvalue weighted by molar-refractivity contribution is 6.08. The summed E-state index contributed by atoms with van der Waals surface area (Å²) in [6.07, 6.45) is 3.14. The summed E-state index contributed by atoms with van der Waals surface area (Å²) < 4.78 is 8.36. The number of aryl methyl sites for hydroxylation is 4. The Labute approximate surface area is 141 Å². The van der Waals surface area contributed by atoms with E-state index in [0.29, 0.717) is 5.71 Å². The number of pyridine rings is 2. The monoisotopic (exact) mass is 317 g/mol. The number of rotatable bonds is 2. The largest absolute Gasteiger partial charge is 0.437 e. The van der Waals surface area contributed by atoms with E-state index >= 15 is 0 Å². The maximum absolute atomic E-state index is 6.20. The Morgan fingerprint density at radius 1 is 1.04 bits per heavy atom. The van der Waals surface area contributed by atoms with E-state index in [0.717, 1.165) is 34.0 Å². The number of fused-ring (bicyclic) bond motifs is 3. The normalized spacial score (nSPS) is 11.5. The van der Waals surface area contributed by atoms with Gasteiger partial charge in [0.1, 0.15) is 7.05 Å². The summed E-state index contributed by atoms with van der Waals surface area (Å²) in [6, 6.07) is 12.9. The molecule has 0 fully saturated rings. The van der Waals surface area contributed by atoms with Crippen LogP contribution >= 0.6 is 0 Å². The average Bonchev–Trinajstić information content (AvgIpc) is 2.93. The molecule has 0 unspecified atom stereocenters. The predicted molar refractivity (Wildman–Crippen MR) is 97.0 cm³/mol. The Balaban J connectivity index is 2.11. The van der Waals surface area contributed by atoms with E-state index in [9.17, 15) is 0 Å². The van der Waals surface area contributed by atoms with Gasteiger partial charge in [0.15, 0.2) is 11.8 Å². The summed E-state index contributed by atoms with van der Waals surface area (Å²) >= 11 is 0. The maximum atomic E-state index is 6.20. The van der Waals surface area contributed by atoms with E-state index in [1.807, 2.05) is 13.0 Å². The van der Waals surface area contributed by atoms with Crippen LogP contribution in [-0.2, 0) is 13.5 Å². The molecule has 4 aromatic rings.